The summed E-state index contributed by atoms with van der Waals surface area (Å²) < 4.78 is 2.83. The zero-order valence-corrected chi connectivity index (χ0v) is 16.1. The van der Waals surface area contributed by atoms with Gasteiger partial charge in [-0.05, 0) is 31.7 Å². The SMILES string of the molecule is Cc1ccc(Cn2nc3n(c(=O)c2=O)C[C@]2(CCN(C(=O)C4CC4)C2)C3)cc1. The van der Waals surface area contributed by atoms with Gasteiger partial charge < -0.3 is 4.90 Å². The molecule has 2 fully saturated rings. The molecular weight excluding hydrogens is 356 g/mol. The smallest absolute Gasteiger partial charge is 0.332 e. The van der Waals surface area contributed by atoms with Crippen LogP contribution in [0.5, 0.6) is 0 Å². The second-order valence-electron chi connectivity index (χ2n) is 8.72. The number of amides is 1. The molecule has 1 atom stereocenters. The molecule has 3 heterocycles. The fourth-order valence-electron chi connectivity index (χ4n) is 4.56. The lowest BCUT2D eigenvalue weighted by atomic mass is 9.86. The monoisotopic (exact) mass is 380 g/mol. The predicted molar refractivity (Wildman–Crippen MR) is 103 cm³/mol. The van der Waals surface area contributed by atoms with Crippen LogP contribution in [0.3, 0.4) is 0 Å². The summed E-state index contributed by atoms with van der Waals surface area (Å²) >= 11 is 0. The molecule has 5 rings (SSSR count). The van der Waals surface area contributed by atoms with Crippen LogP contribution in [-0.4, -0.2) is 38.2 Å². The van der Waals surface area contributed by atoms with Gasteiger partial charge in [0.05, 0.1) is 6.54 Å². The second kappa shape index (κ2) is 6.15. The average Bonchev–Trinajstić information content (AvgIpc) is 3.36. The predicted octanol–water partition coefficient (Wildman–Crippen LogP) is 0.947. The Labute approximate surface area is 162 Å². The highest BCUT2D eigenvalue weighted by atomic mass is 16.2. The van der Waals surface area contributed by atoms with Gasteiger partial charge in [0, 0.05) is 37.4 Å². The lowest BCUT2D eigenvalue weighted by Gasteiger charge is -2.22. The summed E-state index contributed by atoms with van der Waals surface area (Å²) in [5.74, 6) is 1.13. The summed E-state index contributed by atoms with van der Waals surface area (Å²) in [6.07, 6.45) is 3.51. The van der Waals surface area contributed by atoms with Crippen LogP contribution in [0.15, 0.2) is 33.9 Å². The number of rotatable bonds is 3. The van der Waals surface area contributed by atoms with Crippen molar-refractivity contribution >= 4 is 5.91 Å². The summed E-state index contributed by atoms with van der Waals surface area (Å²) in [7, 11) is 0. The first-order valence-corrected chi connectivity index (χ1v) is 9.99. The summed E-state index contributed by atoms with van der Waals surface area (Å²) in [4.78, 5) is 39.6. The molecule has 146 valence electrons. The molecule has 1 saturated heterocycles. The Morgan fingerprint density at radius 1 is 1.14 bits per heavy atom. The van der Waals surface area contributed by atoms with Gasteiger partial charge in [0.2, 0.25) is 5.91 Å². The van der Waals surface area contributed by atoms with Crippen molar-refractivity contribution in [3.8, 4) is 0 Å². The van der Waals surface area contributed by atoms with Crippen LogP contribution in [0.25, 0.3) is 0 Å². The third-order valence-electron chi connectivity index (χ3n) is 6.37. The molecule has 1 saturated carbocycles. The van der Waals surface area contributed by atoms with Gasteiger partial charge in [-0.15, -0.1) is 0 Å². The van der Waals surface area contributed by atoms with Crippen molar-refractivity contribution in [2.75, 3.05) is 13.1 Å². The van der Waals surface area contributed by atoms with Crippen LogP contribution < -0.4 is 11.1 Å². The van der Waals surface area contributed by atoms with Crippen LogP contribution >= 0.6 is 0 Å². The molecule has 7 nitrogen and oxygen atoms in total. The van der Waals surface area contributed by atoms with Gasteiger partial charge in [0.15, 0.2) is 0 Å². The topological polar surface area (TPSA) is 77.2 Å². The number of aromatic nitrogens is 3. The Hall–Kier alpha value is -2.70. The summed E-state index contributed by atoms with van der Waals surface area (Å²) in [5.41, 5.74) is 0.858. The first-order valence-electron chi connectivity index (χ1n) is 9.99. The zero-order valence-electron chi connectivity index (χ0n) is 16.1. The minimum absolute atomic E-state index is 0.154. The second-order valence-corrected chi connectivity index (χ2v) is 8.72. The van der Waals surface area contributed by atoms with Crippen molar-refractivity contribution in [3.63, 3.8) is 0 Å². The van der Waals surface area contributed by atoms with E-state index in [-0.39, 0.29) is 17.2 Å². The largest absolute Gasteiger partial charge is 0.342 e. The van der Waals surface area contributed by atoms with E-state index in [0.29, 0.717) is 31.9 Å². The molecule has 0 bridgehead atoms. The molecular formula is C21H24N4O3. The van der Waals surface area contributed by atoms with E-state index < -0.39 is 11.1 Å². The summed E-state index contributed by atoms with van der Waals surface area (Å²) in [5, 5.41) is 4.53. The molecule has 7 heteroatoms. The molecule has 1 aromatic heterocycles. The van der Waals surface area contributed by atoms with Gasteiger partial charge in [-0.25, -0.2) is 4.68 Å². The number of fused-ring (bicyclic) bond motifs is 1. The zero-order chi connectivity index (χ0) is 19.5. The van der Waals surface area contributed by atoms with Gasteiger partial charge in [0.25, 0.3) is 0 Å². The minimum Gasteiger partial charge on any atom is -0.342 e. The van der Waals surface area contributed by atoms with E-state index in [0.717, 1.165) is 36.9 Å². The Kier molecular flexibility index (Phi) is 3.82. The maximum atomic E-state index is 12.7. The van der Waals surface area contributed by atoms with Gasteiger partial charge in [0.1, 0.15) is 5.82 Å². The number of aryl methyl sites for hydroxylation is 1. The number of likely N-dealkylation sites (tertiary alicyclic amines) is 1. The number of nitrogens with zero attached hydrogens (tertiary/aromatic N) is 4. The van der Waals surface area contributed by atoms with E-state index in [4.69, 9.17) is 0 Å². The maximum Gasteiger partial charge on any atom is 0.332 e. The standard InChI is InChI=1S/C21H24N4O3/c1-14-2-4-15(5-3-14)11-25-20(28)19(27)24-13-21(10-17(24)22-25)8-9-23(12-21)18(26)16-6-7-16/h2-5,16H,6-13H2,1H3/t21-/m1/s1. The van der Waals surface area contributed by atoms with Crippen LogP contribution in [0.1, 0.15) is 36.2 Å². The minimum atomic E-state index is -0.578. The van der Waals surface area contributed by atoms with E-state index >= 15 is 0 Å². The number of benzene rings is 1. The molecule has 0 radical (unpaired) electrons. The number of carbonyl (C=O) groups excluding carboxylic acids is 1. The Bertz CT molecular complexity index is 1060. The average molecular weight is 380 g/mol. The van der Waals surface area contributed by atoms with Crippen LogP contribution in [0, 0.1) is 18.3 Å². The first-order chi connectivity index (χ1) is 13.4. The van der Waals surface area contributed by atoms with E-state index in [1.165, 1.54) is 4.68 Å². The highest BCUT2D eigenvalue weighted by molar-refractivity contribution is 5.81. The maximum absolute atomic E-state index is 12.7. The van der Waals surface area contributed by atoms with Crippen LogP contribution in [0.2, 0.25) is 0 Å². The molecule has 3 aliphatic rings. The molecule has 1 aliphatic carbocycles. The quantitative estimate of drug-likeness (QED) is 0.743. The highest BCUT2D eigenvalue weighted by Crippen LogP contribution is 2.41. The van der Waals surface area contributed by atoms with Crippen molar-refractivity contribution in [3.05, 3.63) is 61.9 Å². The van der Waals surface area contributed by atoms with Gasteiger partial charge in [-0.3, -0.25) is 19.0 Å². The lowest BCUT2D eigenvalue weighted by molar-refractivity contribution is -0.131. The van der Waals surface area contributed by atoms with Crippen LogP contribution in [0.4, 0.5) is 0 Å². The Morgan fingerprint density at radius 2 is 1.89 bits per heavy atom. The van der Waals surface area contributed by atoms with Crippen molar-refractivity contribution in [1.29, 1.82) is 0 Å². The highest BCUT2D eigenvalue weighted by Gasteiger charge is 2.47. The molecule has 2 aromatic rings. The third kappa shape index (κ3) is 2.89. The van der Waals surface area contributed by atoms with E-state index in [1.807, 2.05) is 36.1 Å². The summed E-state index contributed by atoms with van der Waals surface area (Å²) in [6.45, 7) is 4.20. The molecule has 0 N–H and O–H groups in total. The van der Waals surface area contributed by atoms with Gasteiger partial charge >= 0.3 is 11.1 Å². The van der Waals surface area contributed by atoms with E-state index in [1.54, 1.807) is 4.57 Å². The molecule has 1 spiro atoms. The molecule has 1 aromatic carbocycles. The fourth-order valence-corrected chi connectivity index (χ4v) is 4.56. The van der Waals surface area contributed by atoms with Crippen LogP contribution in [-0.2, 0) is 24.3 Å². The Balaban J connectivity index is 1.41. The molecule has 0 unspecified atom stereocenters. The van der Waals surface area contributed by atoms with Crippen molar-refractivity contribution in [2.24, 2.45) is 11.3 Å². The van der Waals surface area contributed by atoms with E-state index in [9.17, 15) is 14.4 Å². The first kappa shape index (κ1) is 17.4. The fraction of sp³-hybridized carbons (Fsp3) is 0.524. The van der Waals surface area contributed by atoms with Crippen molar-refractivity contribution in [2.45, 2.75) is 45.7 Å². The number of carbonyl (C=O) groups is 1. The molecule has 28 heavy (non-hydrogen) atoms. The number of hydrogen-bond donors (Lipinski definition) is 0. The number of hydrogen-bond acceptors (Lipinski definition) is 4. The lowest BCUT2D eigenvalue weighted by Crippen LogP contribution is -2.43. The van der Waals surface area contributed by atoms with Crippen molar-refractivity contribution in [1.82, 2.24) is 19.2 Å². The normalized spacial score (nSPS) is 23.4. The Morgan fingerprint density at radius 3 is 2.61 bits per heavy atom. The third-order valence-corrected chi connectivity index (χ3v) is 6.37. The molecule has 2 aliphatic heterocycles. The molecule has 1 amide bonds. The van der Waals surface area contributed by atoms with E-state index in [2.05, 4.69) is 5.10 Å². The van der Waals surface area contributed by atoms with Crippen molar-refractivity contribution < 1.29 is 4.79 Å². The van der Waals surface area contributed by atoms with Gasteiger partial charge in [-0.2, -0.15) is 5.10 Å². The van der Waals surface area contributed by atoms with Gasteiger partial charge in [-0.1, -0.05) is 29.8 Å². The summed E-state index contributed by atoms with van der Waals surface area (Å²) in [6, 6.07) is 7.88.